The lowest BCUT2D eigenvalue weighted by Gasteiger charge is -2.39. The highest BCUT2D eigenvalue weighted by molar-refractivity contribution is 5.49. The lowest BCUT2D eigenvalue weighted by molar-refractivity contribution is 0.148. The summed E-state index contributed by atoms with van der Waals surface area (Å²) in [7, 11) is 3.43. The van der Waals surface area contributed by atoms with Crippen LogP contribution in [0.1, 0.15) is 57.7 Å². The van der Waals surface area contributed by atoms with Gasteiger partial charge >= 0.3 is 0 Å². The summed E-state index contributed by atoms with van der Waals surface area (Å²) in [5.74, 6) is 3.21. The lowest BCUT2D eigenvalue weighted by Crippen LogP contribution is -2.38. The molecule has 3 nitrogen and oxygen atoms in total. The number of rotatable bonds is 7. The predicted molar refractivity (Wildman–Crippen MR) is 96.5 cm³/mol. The molecule has 0 saturated carbocycles. The molecule has 2 atom stereocenters. The first-order valence-corrected chi connectivity index (χ1v) is 8.98. The van der Waals surface area contributed by atoms with Crippen molar-refractivity contribution < 1.29 is 9.47 Å². The van der Waals surface area contributed by atoms with Crippen molar-refractivity contribution in [2.45, 2.75) is 53.0 Å². The van der Waals surface area contributed by atoms with E-state index in [1.54, 1.807) is 14.2 Å². The molecular formula is C20H33NO2. The monoisotopic (exact) mass is 319 g/mol. The molecule has 0 fully saturated rings. The summed E-state index contributed by atoms with van der Waals surface area (Å²) < 4.78 is 11.0. The maximum atomic E-state index is 5.52. The summed E-state index contributed by atoms with van der Waals surface area (Å²) in [5.41, 5.74) is 2.84. The Morgan fingerprint density at radius 2 is 1.78 bits per heavy atom. The molecule has 1 aromatic rings. The molecule has 0 spiro atoms. The average Bonchev–Trinajstić information content (AvgIpc) is 2.52. The van der Waals surface area contributed by atoms with Gasteiger partial charge in [-0.2, -0.15) is 0 Å². The second-order valence-corrected chi connectivity index (χ2v) is 7.31. The van der Waals surface area contributed by atoms with Crippen LogP contribution in [0.15, 0.2) is 12.1 Å². The first-order chi connectivity index (χ1) is 11.0. The molecule has 1 aliphatic rings. The maximum Gasteiger partial charge on any atom is 0.161 e. The molecule has 1 unspecified atom stereocenters. The van der Waals surface area contributed by atoms with E-state index in [9.17, 15) is 0 Å². The van der Waals surface area contributed by atoms with Gasteiger partial charge in [0.25, 0.3) is 0 Å². The number of methoxy groups -OCH3 is 2. The number of fused-ring (bicyclic) bond motifs is 1. The van der Waals surface area contributed by atoms with Crippen LogP contribution in [0.25, 0.3) is 0 Å². The Labute approximate surface area is 142 Å². The second-order valence-electron chi connectivity index (χ2n) is 7.31. The van der Waals surface area contributed by atoms with Gasteiger partial charge in [0.05, 0.1) is 14.2 Å². The summed E-state index contributed by atoms with van der Waals surface area (Å²) >= 11 is 0. The summed E-state index contributed by atoms with van der Waals surface area (Å²) in [4.78, 5) is 2.67. The molecule has 1 aromatic carbocycles. The molecule has 23 heavy (non-hydrogen) atoms. The van der Waals surface area contributed by atoms with Crippen LogP contribution in [0, 0.1) is 11.8 Å². The highest BCUT2D eigenvalue weighted by Crippen LogP contribution is 2.39. The summed E-state index contributed by atoms with van der Waals surface area (Å²) in [6.07, 6.45) is 3.53. The predicted octanol–water partition coefficient (Wildman–Crippen LogP) is 4.70. The van der Waals surface area contributed by atoms with Crippen molar-refractivity contribution in [2.75, 3.05) is 27.3 Å². The average molecular weight is 319 g/mol. The molecule has 0 N–H and O–H groups in total. The number of nitrogens with zero attached hydrogens (tertiary/aromatic N) is 1. The smallest absolute Gasteiger partial charge is 0.161 e. The zero-order chi connectivity index (χ0) is 17.0. The molecule has 0 bridgehead atoms. The Kier molecular flexibility index (Phi) is 6.34. The van der Waals surface area contributed by atoms with Crippen molar-refractivity contribution in [3.8, 4) is 11.5 Å². The van der Waals surface area contributed by atoms with E-state index in [2.05, 4.69) is 44.7 Å². The van der Waals surface area contributed by atoms with Crippen molar-refractivity contribution in [3.05, 3.63) is 23.3 Å². The van der Waals surface area contributed by atoms with Crippen LogP contribution in [-0.2, 0) is 6.42 Å². The van der Waals surface area contributed by atoms with Crippen molar-refractivity contribution >= 4 is 0 Å². The Balaban J connectivity index is 2.23. The maximum absolute atomic E-state index is 5.52. The van der Waals surface area contributed by atoms with Crippen LogP contribution in [0.5, 0.6) is 11.5 Å². The molecule has 0 radical (unpaired) electrons. The second kappa shape index (κ2) is 8.05. The van der Waals surface area contributed by atoms with Gasteiger partial charge in [-0.05, 0) is 54.4 Å². The zero-order valence-electron chi connectivity index (χ0n) is 15.7. The first-order valence-electron chi connectivity index (χ1n) is 8.98. The van der Waals surface area contributed by atoms with Gasteiger partial charge in [-0.3, -0.25) is 4.90 Å². The Morgan fingerprint density at radius 3 is 2.35 bits per heavy atom. The van der Waals surface area contributed by atoms with Crippen LogP contribution < -0.4 is 9.47 Å². The fourth-order valence-electron chi connectivity index (χ4n) is 4.06. The lowest BCUT2D eigenvalue weighted by atomic mass is 9.89. The van der Waals surface area contributed by atoms with Gasteiger partial charge < -0.3 is 9.47 Å². The molecule has 0 aliphatic carbocycles. The van der Waals surface area contributed by atoms with Crippen LogP contribution in [-0.4, -0.2) is 32.2 Å². The van der Waals surface area contributed by atoms with E-state index >= 15 is 0 Å². The van der Waals surface area contributed by atoms with Gasteiger partial charge in [0.2, 0.25) is 0 Å². The van der Waals surface area contributed by atoms with Gasteiger partial charge in [0.15, 0.2) is 11.5 Å². The number of hydrogen-bond donors (Lipinski definition) is 0. The van der Waals surface area contributed by atoms with Gasteiger partial charge in [0, 0.05) is 19.1 Å². The van der Waals surface area contributed by atoms with Crippen LogP contribution in [0.2, 0.25) is 0 Å². The van der Waals surface area contributed by atoms with E-state index in [4.69, 9.17) is 9.47 Å². The minimum atomic E-state index is 0.494. The third-order valence-electron chi connectivity index (χ3n) is 4.92. The van der Waals surface area contributed by atoms with Gasteiger partial charge in [-0.1, -0.05) is 27.7 Å². The van der Waals surface area contributed by atoms with Crippen molar-refractivity contribution in [1.82, 2.24) is 4.90 Å². The van der Waals surface area contributed by atoms with Crippen LogP contribution in [0.4, 0.5) is 0 Å². The fourth-order valence-corrected chi connectivity index (χ4v) is 4.06. The molecule has 3 heteroatoms. The number of ether oxygens (including phenoxy) is 2. The summed E-state index contributed by atoms with van der Waals surface area (Å²) in [6, 6.07) is 4.86. The molecule has 1 aliphatic heterocycles. The number of hydrogen-bond acceptors (Lipinski definition) is 3. The van der Waals surface area contributed by atoms with Gasteiger partial charge in [0.1, 0.15) is 0 Å². The molecule has 130 valence electrons. The van der Waals surface area contributed by atoms with E-state index in [0.29, 0.717) is 6.04 Å². The van der Waals surface area contributed by atoms with Crippen LogP contribution >= 0.6 is 0 Å². The van der Waals surface area contributed by atoms with Crippen molar-refractivity contribution in [1.29, 1.82) is 0 Å². The highest BCUT2D eigenvalue weighted by atomic mass is 16.5. The van der Waals surface area contributed by atoms with E-state index in [1.165, 1.54) is 24.1 Å². The quantitative estimate of drug-likeness (QED) is 0.727. The van der Waals surface area contributed by atoms with Gasteiger partial charge in [-0.15, -0.1) is 0 Å². The third-order valence-corrected chi connectivity index (χ3v) is 4.92. The zero-order valence-corrected chi connectivity index (χ0v) is 15.7. The topological polar surface area (TPSA) is 21.7 Å². The van der Waals surface area contributed by atoms with E-state index in [1.807, 2.05) is 0 Å². The van der Waals surface area contributed by atoms with E-state index < -0.39 is 0 Å². The minimum absolute atomic E-state index is 0.494. The summed E-state index contributed by atoms with van der Waals surface area (Å²) in [6.45, 7) is 11.6. The number of benzene rings is 1. The Bertz CT molecular complexity index is 513. The molecule has 0 aromatic heterocycles. The van der Waals surface area contributed by atoms with E-state index in [0.717, 1.165) is 42.7 Å². The first kappa shape index (κ1) is 18.1. The fraction of sp³-hybridized carbons (Fsp3) is 0.700. The summed E-state index contributed by atoms with van der Waals surface area (Å²) in [5, 5.41) is 0. The van der Waals surface area contributed by atoms with Crippen molar-refractivity contribution in [3.63, 3.8) is 0 Å². The highest BCUT2D eigenvalue weighted by Gasteiger charge is 2.28. The van der Waals surface area contributed by atoms with E-state index in [-0.39, 0.29) is 0 Å². The van der Waals surface area contributed by atoms with Crippen LogP contribution in [0.3, 0.4) is 0 Å². The Hall–Kier alpha value is -1.22. The Morgan fingerprint density at radius 1 is 1.13 bits per heavy atom. The third kappa shape index (κ3) is 4.20. The SMILES string of the molecule is CCC1c2cc(OC)c(OC)cc2CCN1C[C@@H](C)CC(C)C. The minimum Gasteiger partial charge on any atom is -0.493 e. The molecule has 0 saturated heterocycles. The molecular weight excluding hydrogens is 286 g/mol. The van der Waals surface area contributed by atoms with Gasteiger partial charge in [-0.25, -0.2) is 0 Å². The molecule has 0 amide bonds. The molecule has 1 heterocycles. The van der Waals surface area contributed by atoms with Crippen molar-refractivity contribution in [2.24, 2.45) is 11.8 Å². The standard InChI is InChI=1S/C20H33NO2/c1-7-18-17-12-20(23-6)19(22-5)11-16(17)8-9-21(18)13-15(4)10-14(2)3/h11-12,14-15,18H,7-10,13H2,1-6H3/t15-,18?/m0/s1. The molecule has 2 rings (SSSR count). The normalized spacial score (nSPS) is 19.5. The largest absolute Gasteiger partial charge is 0.493 e.